The van der Waals surface area contributed by atoms with E-state index < -0.39 is 0 Å². The maximum atomic E-state index is 12.3. The number of methoxy groups -OCH3 is 1. The lowest BCUT2D eigenvalue weighted by atomic mass is 10.2. The number of rotatable bonds is 8. The van der Waals surface area contributed by atoms with Gasteiger partial charge in [-0.15, -0.1) is 10.2 Å². The van der Waals surface area contributed by atoms with Crippen LogP contribution >= 0.6 is 46.6 Å². The average molecular weight is 501 g/mol. The Balaban J connectivity index is 1.57. The number of carbonyl (C=O) groups is 1. The van der Waals surface area contributed by atoms with Crippen LogP contribution in [0.1, 0.15) is 5.56 Å². The molecule has 4 N–H and O–H groups in total. The summed E-state index contributed by atoms with van der Waals surface area (Å²) in [6.45, 7) is 0. The summed E-state index contributed by atoms with van der Waals surface area (Å²) in [5.74, 6) is 6.38. The average Bonchev–Trinajstić information content (AvgIpc) is 3.08. The van der Waals surface area contributed by atoms with Gasteiger partial charge < -0.3 is 15.9 Å². The molecule has 13 heteroatoms. The third kappa shape index (κ3) is 6.17. The molecule has 0 saturated carbocycles. The van der Waals surface area contributed by atoms with E-state index in [1.807, 2.05) is 0 Å². The third-order valence-corrected chi connectivity index (χ3v) is 5.50. The molecule has 162 valence electrons. The second-order valence-corrected chi connectivity index (χ2v) is 8.12. The van der Waals surface area contributed by atoms with Crippen LogP contribution in [-0.2, 0) is 4.79 Å². The number of nitrogens with one attached hydrogen (secondary N) is 2. The minimum atomic E-state index is -0.293. The van der Waals surface area contributed by atoms with Crippen LogP contribution in [0.2, 0.25) is 15.1 Å². The Morgan fingerprint density at radius 1 is 1.23 bits per heavy atom. The van der Waals surface area contributed by atoms with E-state index in [4.69, 9.17) is 45.4 Å². The maximum Gasteiger partial charge on any atom is 0.264 e. The van der Waals surface area contributed by atoms with E-state index in [-0.39, 0.29) is 17.6 Å². The van der Waals surface area contributed by atoms with E-state index in [1.165, 1.54) is 18.0 Å². The molecule has 0 spiro atoms. The molecular formula is C18H16Cl3N7O2S. The van der Waals surface area contributed by atoms with Gasteiger partial charge in [-0.3, -0.25) is 4.79 Å². The second kappa shape index (κ2) is 10.6. The number of hydrogen-bond acceptors (Lipinski definition) is 8. The van der Waals surface area contributed by atoms with Gasteiger partial charge >= 0.3 is 0 Å². The number of nitrogen functional groups attached to an aromatic ring is 1. The number of hydrogen-bond donors (Lipinski definition) is 3. The maximum absolute atomic E-state index is 12.3. The number of nitrogens with two attached hydrogens (primary N) is 1. The lowest BCUT2D eigenvalue weighted by Gasteiger charge is -2.10. The standard InChI is InChI=1S/C18H16Cl3N7O2S/c1-30-15-5-4-12(20)7-14(15)24-16(29)9-31-18-27-26-17(28(18)22)25-23-8-10-2-3-11(19)6-13(10)21/h2-8H,9,22H2,1H3,(H,24,29)(H,25,26)/b23-8+. The van der Waals surface area contributed by atoms with Crippen molar-refractivity contribution in [3.63, 3.8) is 0 Å². The molecule has 0 bridgehead atoms. The first-order chi connectivity index (χ1) is 14.9. The minimum absolute atomic E-state index is 0.0364. The number of ether oxygens (including phenoxy) is 1. The Morgan fingerprint density at radius 2 is 1.97 bits per heavy atom. The highest BCUT2D eigenvalue weighted by atomic mass is 35.5. The summed E-state index contributed by atoms with van der Waals surface area (Å²) in [7, 11) is 1.50. The molecule has 2 aromatic carbocycles. The Kier molecular flexibility index (Phi) is 7.85. The highest BCUT2D eigenvalue weighted by molar-refractivity contribution is 7.99. The van der Waals surface area contributed by atoms with Crippen LogP contribution in [0.4, 0.5) is 11.6 Å². The van der Waals surface area contributed by atoms with Gasteiger partial charge in [0.1, 0.15) is 5.75 Å². The molecule has 1 aromatic heterocycles. The zero-order valence-electron chi connectivity index (χ0n) is 16.0. The topological polar surface area (TPSA) is 119 Å². The second-order valence-electron chi connectivity index (χ2n) is 5.89. The molecule has 1 amide bonds. The Hall–Kier alpha value is -2.66. The van der Waals surface area contributed by atoms with Crippen LogP contribution in [0.5, 0.6) is 5.75 Å². The van der Waals surface area contributed by atoms with E-state index in [2.05, 4.69) is 26.0 Å². The van der Waals surface area contributed by atoms with Crippen LogP contribution < -0.4 is 21.3 Å². The highest BCUT2D eigenvalue weighted by Gasteiger charge is 2.13. The molecule has 0 unspecified atom stereocenters. The SMILES string of the molecule is COc1ccc(Cl)cc1NC(=O)CSc1nnc(N/N=C/c2ccc(Cl)cc2Cl)n1N. The van der Waals surface area contributed by atoms with Crippen LogP contribution in [0.3, 0.4) is 0 Å². The zero-order valence-corrected chi connectivity index (χ0v) is 19.1. The first kappa shape index (κ1) is 23.0. The summed E-state index contributed by atoms with van der Waals surface area (Å²) in [4.78, 5) is 12.3. The van der Waals surface area contributed by atoms with Crippen molar-refractivity contribution < 1.29 is 9.53 Å². The molecule has 1 heterocycles. The van der Waals surface area contributed by atoms with Crippen molar-refractivity contribution in [1.82, 2.24) is 14.9 Å². The van der Waals surface area contributed by atoms with Gasteiger partial charge in [0.15, 0.2) is 0 Å². The fourth-order valence-electron chi connectivity index (χ4n) is 2.31. The molecule has 0 radical (unpaired) electrons. The lowest BCUT2D eigenvalue weighted by Crippen LogP contribution is -2.17. The van der Waals surface area contributed by atoms with E-state index in [0.717, 1.165) is 11.8 Å². The minimum Gasteiger partial charge on any atom is -0.495 e. The Bertz CT molecular complexity index is 1120. The summed E-state index contributed by atoms with van der Waals surface area (Å²) in [6, 6.07) is 9.95. The number of anilines is 2. The predicted molar refractivity (Wildman–Crippen MR) is 125 cm³/mol. The van der Waals surface area contributed by atoms with Crippen molar-refractivity contribution in [2.45, 2.75) is 5.16 Å². The third-order valence-electron chi connectivity index (χ3n) is 3.76. The molecule has 3 aromatic rings. The Labute approximate surface area is 196 Å². The molecule has 0 aliphatic carbocycles. The number of halogens is 3. The van der Waals surface area contributed by atoms with Crippen molar-refractivity contribution in [3.05, 3.63) is 57.0 Å². The van der Waals surface area contributed by atoms with Gasteiger partial charge in [-0.25, -0.2) is 10.1 Å². The van der Waals surface area contributed by atoms with E-state index in [1.54, 1.807) is 36.4 Å². The fourth-order valence-corrected chi connectivity index (χ4v) is 3.60. The molecule has 0 aliphatic heterocycles. The number of nitrogens with zero attached hydrogens (tertiary/aromatic N) is 4. The van der Waals surface area contributed by atoms with E-state index in [0.29, 0.717) is 37.2 Å². The van der Waals surface area contributed by atoms with Crippen molar-refractivity contribution >= 4 is 70.3 Å². The zero-order chi connectivity index (χ0) is 22.4. The van der Waals surface area contributed by atoms with Crippen LogP contribution in [0.25, 0.3) is 0 Å². The molecule has 9 nitrogen and oxygen atoms in total. The predicted octanol–water partition coefficient (Wildman–Crippen LogP) is 4.14. The number of carbonyl (C=O) groups excluding carboxylic acids is 1. The fraction of sp³-hybridized carbons (Fsp3) is 0.111. The lowest BCUT2D eigenvalue weighted by molar-refractivity contribution is -0.113. The number of hydrazone groups is 1. The molecule has 31 heavy (non-hydrogen) atoms. The summed E-state index contributed by atoms with van der Waals surface area (Å²) < 4.78 is 6.39. The van der Waals surface area contributed by atoms with Crippen molar-refractivity contribution in [2.75, 3.05) is 29.4 Å². The van der Waals surface area contributed by atoms with Gasteiger partial charge in [-0.2, -0.15) is 5.10 Å². The van der Waals surface area contributed by atoms with E-state index in [9.17, 15) is 4.79 Å². The number of thioether (sulfide) groups is 1. The largest absolute Gasteiger partial charge is 0.495 e. The molecule has 0 fully saturated rings. The normalized spacial score (nSPS) is 11.0. The van der Waals surface area contributed by atoms with Crippen molar-refractivity contribution in [2.24, 2.45) is 5.10 Å². The summed E-state index contributed by atoms with van der Waals surface area (Å²) in [6.07, 6.45) is 1.49. The van der Waals surface area contributed by atoms with Crippen molar-refractivity contribution in [1.29, 1.82) is 0 Å². The monoisotopic (exact) mass is 499 g/mol. The quantitative estimate of drug-likeness (QED) is 0.184. The summed E-state index contributed by atoms with van der Waals surface area (Å²) >= 11 is 19.0. The summed E-state index contributed by atoms with van der Waals surface area (Å²) in [5, 5.41) is 16.4. The van der Waals surface area contributed by atoms with Gasteiger partial charge in [0.05, 0.1) is 29.8 Å². The number of amides is 1. The van der Waals surface area contributed by atoms with E-state index >= 15 is 0 Å². The van der Waals surface area contributed by atoms with Gasteiger partial charge in [-0.1, -0.05) is 52.6 Å². The first-order valence-corrected chi connectivity index (χ1v) is 10.7. The number of aromatic nitrogens is 3. The van der Waals surface area contributed by atoms with Gasteiger partial charge in [0, 0.05) is 15.6 Å². The smallest absolute Gasteiger partial charge is 0.264 e. The van der Waals surface area contributed by atoms with Gasteiger partial charge in [0.25, 0.3) is 5.95 Å². The van der Waals surface area contributed by atoms with Crippen molar-refractivity contribution in [3.8, 4) is 5.75 Å². The molecular weight excluding hydrogens is 485 g/mol. The molecule has 3 rings (SSSR count). The Morgan fingerprint density at radius 3 is 2.71 bits per heavy atom. The van der Waals surface area contributed by atoms with Gasteiger partial charge in [-0.05, 0) is 30.3 Å². The molecule has 0 saturated heterocycles. The van der Waals surface area contributed by atoms with Crippen LogP contribution in [0.15, 0.2) is 46.7 Å². The van der Waals surface area contributed by atoms with Crippen LogP contribution in [0, 0.1) is 0 Å². The van der Waals surface area contributed by atoms with Gasteiger partial charge in [0.2, 0.25) is 11.1 Å². The summed E-state index contributed by atoms with van der Waals surface area (Å²) in [5.41, 5.74) is 3.79. The highest BCUT2D eigenvalue weighted by Crippen LogP contribution is 2.28. The first-order valence-electron chi connectivity index (χ1n) is 8.58. The number of benzene rings is 2. The molecule has 0 aliphatic rings. The molecule has 0 atom stereocenters. The van der Waals surface area contributed by atoms with Crippen LogP contribution in [-0.4, -0.2) is 39.9 Å².